The summed E-state index contributed by atoms with van der Waals surface area (Å²) in [6, 6.07) is 17.8. The van der Waals surface area contributed by atoms with E-state index in [0.29, 0.717) is 5.82 Å². The minimum Gasteiger partial charge on any atom is -0.399 e. The maximum atomic E-state index is 5.70. The van der Waals surface area contributed by atoms with Gasteiger partial charge in [-0.25, -0.2) is 9.97 Å². The van der Waals surface area contributed by atoms with E-state index in [4.69, 9.17) is 5.73 Å². The van der Waals surface area contributed by atoms with E-state index in [-0.39, 0.29) is 0 Å². The van der Waals surface area contributed by atoms with Gasteiger partial charge in [-0.3, -0.25) is 0 Å². The Bertz CT molecular complexity index is 655. The van der Waals surface area contributed by atoms with Crippen LogP contribution in [0.1, 0.15) is 5.56 Å². The Morgan fingerprint density at radius 1 is 0.800 bits per heavy atom. The first-order chi connectivity index (χ1) is 9.72. The molecule has 0 saturated carbocycles. The molecule has 0 aliphatic heterocycles. The molecule has 98 valence electrons. The SMILES string of the molecule is Cc1ccc(-c2ccnc(-c3ccc(N)cc3)n2)cc1. The van der Waals surface area contributed by atoms with Gasteiger partial charge in [0.15, 0.2) is 5.82 Å². The van der Waals surface area contributed by atoms with Gasteiger partial charge in [-0.1, -0.05) is 29.8 Å². The van der Waals surface area contributed by atoms with Crippen LogP contribution in [0.25, 0.3) is 22.6 Å². The fourth-order valence-electron chi connectivity index (χ4n) is 2.02. The summed E-state index contributed by atoms with van der Waals surface area (Å²) in [5, 5.41) is 0. The predicted molar refractivity (Wildman–Crippen MR) is 82.1 cm³/mol. The molecular weight excluding hydrogens is 246 g/mol. The average Bonchev–Trinajstić information content (AvgIpc) is 2.49. The fourth-order valence-corrected chi connectivity index (χ4v) is 2.02. The number of aromatic nitrogens is 2. The third-order valence-corrected chi connectivity index (χ3v) is 3.17. The Morgan fingerprint density at radius 2 is 1.45 bits per heavy atom. The van der Waals surface area contributed by atoms with Crippen molar-refractivity contribution in [1.82, 2.24) is 9.97 Å². The highest BCUT2D eigenvalue weighted by molar-refractivity contribution is 5.64. The summed E-state index contributed by atoms with van der Waals surface area (Å²) < 4.78 is 0. The number of nitrogen functional groups attached to an aromatic ring is 1. The molecule has 0 spiro atoms. The summed E-state index contributed by atoms with van der Waals surface area (Å²) in [6.45, 7) is 2.07. The van der Waals surface area contributed by atoms with E-state index >= 15 is 0 Å². The molecule has 2 N–H and O–H groups in total. The van der Waals surface area contributed by atoms with E-state index in [2.05, 4.69) is 41.2 Å². The number of hydrogen-bond acceptors (Lipinski definition) is 3. The molecule has 3 aromatic rings. The zero-order valence-electron chi connectivity index (χ0n) is 11.2. The lowest BCUT2D eigenvalue weighted by Crippen LogP contribution is -1.92. The molecule has 3 rings (SSSR count). The second-order valence-corrected chi connectivity index (χ2v) is 4.75. The van der Waals surface area contributed by atoms with Gasteiger partial charge < -0.3 is 5.73 Å². The second-order valence-electron chi connectivity index (χ2n) is 4.75. The summed E-state index contributed by atoms with van der Waals surface area (Å²) in [7, 11) is 0. The number of aryl methyl sites for hydroxylation is 1. The molecule has 0 fully saturated rings. The molecule has 0 amide bonds. The Kier molecular flexibility index (Phi) is 3.17. The van der Waals surface area contributed by atoms with E-state index in [9.17, 15) is 0 Å². The zero-order chi connectivity index (χ0) is 13.9. The van der Waals surface area contributed by atoms with Gasteiger partial charge in [0.25, 0.3) is 0 Å². The van der Waals surface area contributed by atoms with E-state index in [1.807, 2.05) is 30.3 Å². The lowest BCUT2D eigenvalue weighted by Gasteiger charge is -2.05. The topological polar surface area (TPSA) is 51.8 Å². The van der Waals surface area contributed by atoms with Gasteiger partial charge in [0.1, 0.15) is 0 Å². The molecule has 0 aliphatic carbocycles. The number of anilines is 1. The van der Waals surface area contributed by atoms with Gasteiger partial charge in [-0.2, -0.15) is 0 Å². The number of hydrogen-bond donors (Lipinski definition) is 1. The third-order valence-electron chi connectivity index (χ3n) is 3.17. The highest BCUT2D eigenvalue weighted by atomic mass is 14.9. The molecule has 1 aromatic heterocycles. The average molecular weight is 261 g/mol. The lowest BCUT2D eigenvalue weighted by atomic mass is 10.1. The van der Waals surface area contributed by atoms with Crippen LogP contribution >= 0.6 is 0 Å². The smallest absolute Gasteiger partial charge is 0.159 e. The van der Waals surface area contributed by atoms with Gasteiger partial charge >= 0.3 is 0 Å². The van der Waals surface area contributed by atoms with Crippen molar-refractivity contribution < 1.29 is 0 Å². The summed E-state index contributed by atoms with van der Waals surface area (Å²) in [6.07, 6.45) is 1.79. The van der Waals surface area contributed by atoms with Crippen LogP contribution in [0.5, 0.6) is 0 Å². The van der Waals surface area contributed by atoms with Crippen LogP contribution in [0.2, 0.25) is 0 Å². The highest BCUT2D eigenvalue weighted by Gasteiger charge is 2.04. The molecule has 0 radical (unpaired) electrons. The van der Waals surface area contributed by atoms with Crippen molar-refractivity contribution in [2.24, 2.45) is 0 Å². The maximum absolute atomic E-state index is 5.70. The summed E-state index contributed by atoms with van der Waals surface area (Å²) in [5.74, 6) is 0.711. The molecule has 20 heavy (non-hydrogen) atoms. The summed E-state index contributed by atoms with van der Waals surface area (Å²) >= 11 is 0. The lowest BCUT2D eigenvalue weighted by molar-refractivity contribution is 1.18. The van der Waals surface area contributed by atoms with Gasteiger partial charge in [0.05, 0.1) is 5.69 Å². The van der Waals surface area contributed by atoms with Crippen LogP contribution in [0, 0.1) is 6.92 Å². The van der Waals surface area contributed by atoms with Crippen molar-refractivity contribution in [2.75, 3.05) is 5.73 Å². The van der Waals surface area contributed by atoms with E-state index in [1.54, 1.807) is 6.20 Å². The molecule has 3 heteroatoms. The number of rotatable bonds is 2. The van der Waals surface area contributed by atoms with Crippen molar-refractivity contribution in [1.29, 1.82) is 0 Å². The molecular formula is C17H15N3. The van der Waals surface area contributed by atoms with Crippen molar-refractivity contribution in [3.8, 4) is 22.6 Å². The second kappa shape index (κ2) is 5.13. The molecule has 0 bridgehead atoms. The van der Waals surface area contributed by atoms with E-state index in [0.717, 1.165) is 22.5 Å². The summed E-state index contributed by atoms with van der Waals surface area (Å²) in [5.41, 5.74) is 10.7. The number of nitrogens with zero attached hydrogens (tertiary/aromatic N) is 2. The van der Waals surface area contributed by atoms with Crippen molar-refractivity contribution in [3.63, 3.8) is 0 Å². The molecule has 3 nitrogen and oxygen atoms in total. The van der Waals surface area contributed by atoms with Gasteiger partial charge in [-0.05, 0) is 37.3 Å². The van der Waals surface area contributed by atoms with Crippen LogP contribution in [-0.2, 0) is 0 Å². The van der Waals surface area contributed by atoms with Crippen LogP contribution in [0.15, 0.2) is 60.8 Å². The summed E-state index contributed by atoms with van der Waals surface area (Å²) in [4.78, 5) is 8.95. The maximum Gasteiger partial charge on any atom is 0.159 e. The Labute approximate surface area is 118 Å². The quantitative estimate of drug-likeness (QED) is 0.715. The van der Waals surface area contributed by atoms with E-state index < -0.39 is 0 Å². The predicted octanol–water partition coefficient (Wildman–Crippen LogP) is 3.70. The highest BCUT2D eigenvalue weighted by Crippen LogP contribution is 2.21. The molecule has 2 aromatic carbocycles. The number of benzene rings is 2. The Morgan fingerprint density at radius 3 is 2.15 bits per heavy atom. The van der Waals surface area contributed by atoms with Crippen molar-refractivity contribution in [2.45, 2.75) is 6.92 Å². The van der Waals surface area contributed by atoms with Crippen molar-refractivity contribution in [3.05, 3.63) is 66.4 Å². The molecule has 0 atom stereocenters. The minimum atomic E-state index is 0.711. The Hall–Kier alpha value is -2.68. The molecule has 0 aliphatic rings. The Balaban J connectivity index is 2.01. The van der Waals surface area contributed by atoms with Crippen LogP contribution in [-0.4, -0.2) is 9.97 Å². The first-order valence-electron chi connectivity index (χ1n) is 6.48. The zero-order valence-corrected chi connectivity index (χ0v) is 11.2. The van der Waals surface area contributed by atoms with Crippen LogP contribution < -0.4 is 5.73 Å². The first-order valence-corrected chi connectivity index (χ1v) is 6.48. The molecule has 0 unspecified atom stereocenters. The van der Waals surface area contributed by atoms with Gasteiger partial charge in [0, 0.05) is 23.0 Å². The monoisotopic (exact) mass is 261 g/mol. The normalized spacial score (nSPS) is 10.4. The van der Waals surface area contributed by atoms with Gasteiger partial charge in [-0.15, -0.1) is 0 Å². The molecule has 1 heterocycles. The molecule has 0 saturated heterocycles. The van der Waals surface area contributed by atoms with Crippen LogP contribution in [0.3, 0.4) is 0 Å². The largest absolute Gasteiger partial charge is 0.399 e. The van der Waals surface area contributed by atoms with Crippen LogP contribution in [0.4, 0.5) is 5.69 Å². The third kappa shape index (κ3) is 2.52. The number of nitrogens with two attached hydrogens (primary N) is 1. The minimum absolute atomic E-state index is 0.711. The van der Waals surface area contributed by atoms with E-state index in [1.165, 1.54) is 5.56 Å². The fraction of sp³-hybridized carbons (Fsp3) is 0.0588. The van der Waals surface area contributed by atoms with Crippen molar-refractivity contribution >= 4 is 5.69 Å². The first kappa shape index (κ1) is 12.4. The standard InChI is InChI=1S/C17H15N3/c1-12-2-4-13(5-3-12)16-10-11-19-17(20-16)14-6-8-15(18)9-7-14/h2-11H,18H2,1H3. The van der Waals surface area contributed by atoms with Gasteiger partial charge in [0.2, 0.25) is 0 Å².